The van der Waals surface area contributed by atoms with Gasteiger partial charge in [0.15, 0.2) is 5.13 Å². The molecule has 2 heterocycles. The van der Waals surface area contributed by atoms with E-state index >= 15 is 0 Å². The van der Waals surface area contributed by atoms with Gasteiger partial charge in [-0.25, -0.2) is 9.97 Å². The zero-order valence-corrected chi connectivity index (χ0v) is 11.4. The standard InChI is InChI=1S/C13H14N4OS/c1-8-2-3-9-11(6-8)19-13(16-9)17-12(18)10-7-14-4-5-15-10/h4-5,7-8H,2-3,6H2,1H3,(H,16,17,18). The van der Waals surface area contributed by atoms with Crippen LogP contribution < -0.4 is 5.32 Å². The molecule has 0 bridgehead atoms. The lowest BCUT2D eigenvalue weighted by Gasteiger charge is -2.15. The fraction of sp³-hybridized carbons (Fsp3) is 0.385. The van der Waals surface area contributed by atoms with Gasteiger partial charge < -0.3 is 0 Å². The normalized spacial score (nSPS) is 17.8. The molecule has 0 saturated heterocycles. The summed E-state index contributed by atoms with van der Waals surface area (Å²) in [5, 5.41) is 3.46. The van der Waals surface area contributed by atoms with Crippen molar-refractivity contribution < 1.29 is 4.79 Å². The first-order chi connectivity index (χ1) is 9.22. The van der Waals surface area contributed by atoms with Crippen molar-refractivity contribution in [1.82, 2.24) is 15.0 Å². The highest BCUT2D eigenvalue weighted by Gasteiger charge is 2.20. The Balaban J connectivity index is 1.76. The molecule has 0 aromatic carbocycles. The summed E-state index contributed by atoms with van der Waals surface area (Å²) >= 11 is 1.57. The van der Waals surface area contributed by atoms with Gasteiger partial charge in [-0.05, 0) is 25.2 Å². The van der Waals surface area contributed by atoms with Crippen molar-refractivity contribution in [3.63, 3.8) is 0 Å². The Bertz CT molecular complexity index is 596. The van der Waals surface area contributed by atoms with Crippen molar-refractivity contribution in [2.24, 2.45) is 5.92 Å². The van der Waals surface area contributed by atoms with Gasteiger partial charge in [-0.2, -0.15) is 0 Å². The van der Waals surface area contributed by atoms with E-state index in [9.17, 15) is 4.79 Å². The predicted octanol–water partition coefficient (Wildman–Crippen LogP) is 2.31. The van der Waals surface area contributed by atoms with Crippen molar-refractivity contribution in [3.8, 4) is 0 Å². The van der Waals surface area contributed by atoms with E-state index in [0.717, 1.165) is 18.5 Å². The Hall–Kier alpha value is -1.82. The summed E-state index contributed by atoms with van der Waals surface area (Å²) in [5.41, 5.74) is 1.45. The number of aromatic nitrogens is 3. The molecule has 1 N–H and O–H groups in total. The zero-order chi connectivity index (χ0) is 13.2. The molecule has 0 fully saturated rings. The van der Waals surface area contributed by atoms with Crippen LogP contribution >= 0.6 is 11.3 Å². The fourth-order valence-electron chi connectivity index (χ4n) is 2.17. The van der Waals surface area contributed by atoms with E-state index in [1.165, 1.54) is 23.7 Å². The van der Waals surface area contributed by atoms with E-state index in [4.69, 9.17) is 0 Å². The summed E-state index contributed by atoms with van der Waals surface area (Å²) in [6, 6.07) is 0. The maximum atomic E-state index is 11.9. The molecule has 1 amide bonds. The highest BCUT2D eigenvalue weighted by atomic mass is 32.1. The summed E-state index contributed by atoms with van der Waals surface area (Å²) in [4.78, 5) is 25.6. The van der Waals surface area contributed by atoms with Crippen LogP contribution in [0.1, 0.15) is 34.4 Å². The number of thiazole rings is 1. The van der Waals surface area contributed by atoms with Crippen molar-refractivity contribution in [3.05, 3.63) is 34.9 Å². The van der Waals surface area contributed by atoms with Gasteiger partial charge in [0, 0.05) is 17.3 Å². The van der Waals surface area contributed by atoms with Crippen molar-refractivity contribution in [2.75, 3.05) is 5.32 Å². The molecular formula is C13H14N4OS. The van der Waals surface area contributed by atoms with Crippen LogP contribution in [0.15, 0.2) is 18.6 Å². The minimum Gasteiger partial charge on any atom is -0.296 e. The topological polar surface area (TPSA) is 67.8 Å². The first-order valence-corrected chi connectivity index (χ1v) is 7.10. The number of hydrogen-bond acceptors (Lipinski definition) is 5. The average Bonchev–Trinajstić information content (AvgIpc) is 2.81. The maximum Gasteiger partial charge on any atom is 0.277 e. The van der Waals surface area contributed by atoms with E-state index in [0.29, 0.717) is 16.7 Å². The molecule has 1 unspecified atom stereocenters. The summed E-state index contributed by atoms with van der Waals surface area (Å²) < 4.78 is 0. The van der Waals surface area contributed by atoms with Gasteiger partial charge in [0.1, 0.15) is 5.69 Å². The Kier molecular flexibility index (Phi) is 3.25. The first kappa shape index (κ1) is 12.2. The zero-order valence-electron chi connectivity index (χ0n) is 10.6. The van der Waals surface area contributed by atoms with E-state index in [2.05, 4.69) is 27.2 Å². The van der Waals surface area contributed by atoms with Crippen LogP contribution in [-0.2, 0) is 12.8 Å². The number of nitrogens with zero attached hydrogens (tertiary/aromatic N) is 3. The van der Waals surface area contributed by atoms with E-state index in [-0.39, 0.29) is 5.91 Å². The molecule has 0 spiro atoms. The number of rotatable bonds is 2. The maximum absolute atomic E-state index is 11.9. The smallest absolute Gasteiger partial charge is 0.277 e. The molecule has 2 aromatic heterocycles. The lowest BCUT2D eigenvalue weighted by atomic mass is 9.93. The van der Waals surface area contributed by atoms with Crippen LogP contribution in [0.25, 0.3) is 0 Å². The van der Waals surface area contributed by atoms with Crippen molar-refractivity contribution in [2.45, 2.75) is 26.2 Å². The Morgan fingerprint density at radius 3 is 3.16 bits per heavy atom. The third-order valence-corrected chi connectivity index (χ3v) is 4.24. The Morgan fingerprint density at radius 1 is 1.47 bits per heavy atom. The summed E-state index contributed by atoms with van der Waals surface area (Å²) in [6.45, 7) is 2.25. The molecule has 19 heavy (non-hydrogen) atoms. The van der Waals surface area contributed by atoms with Crippen LogP contribution in [0.2, 0.25) is 0 Å². The molecule has 1 aliphatic carbocycles. The number of carbonyl (C=O) groups excluding carboxylic acids is 1. The third-order valence-electron chi connectivity index (χ3n) is 3.20. The van der Waals surface area contributed by atoms with Gasteiger partial charge >= 0.3 is 0 Å². The minimum absolute atomic E-state index is 0.257. The largest absolute Gasteiger partial charge is 0.296 e. The van der Waals surface area contributed by atoms with Gasteiger partial charge in [0.05, 0.1) is 11.9 Å². The SMILES string of the molecule is CC1CCc2nc(NC(=O)c3cnccn3)sc2C1. The molecule has 0 aliphatic heterocycles. The van der Waals surface area contributed by atoms with Crippen LogP contribution in [-0.4, -0.2) is 20.9 Å². The number of nitrogens with one attached hydrogen (secondary N) is 1. The molecule has 1 aliphatic rings. The highest BCUT2D eigenvalue weighted by molar-refractivity contribution is 7.15. The lowest BCUT2D eigenvalue weighted by Crippen LogP contribution is -2.13. The van der Waals surface area contributed by atoms with Crippen LogP contribution in [0.5, 0.6) is 0 Å². The lowest BCUT2D eigenvalue weighted by molar-refractivity contribution is 0.102. The van der Waals surface area contributed by atoms with Crippen LogP contribution in [0.4, 0.5) is 5.13 Å². The van der Waals surface area contributed by atoms with Crippen molar-refractivity contribution >= 4 is 22.4 Å². The first-order valence-electron chi connectivity index (χ1n) is 6.28. The monoisotopic (exact) mass is 274 g/mol. The van der Waals surface area contributed by atoms with E-state index < -0.39 is 0 Å². The predicted molar refractivity (Wildman–Crippen MR) is 73.3 cm³/mol. The molecule has 6 heteroatoms. The average molecular weight is 274 g/mol. The molecular weight excluding hydrogens is 260 g/mol. The minimum atomic E-state index is -0.257. The number of hydrogen-bond donors (Lipinski definition) is 1. The molecule has 0 saturated carbocycles. The molecule has 3 rings (SSSR count). The second-order valence-electron chi connectivity index (χ2n) is 4.78. The Labute approximate surface area is 115 Å². The van der Waals surface area contributed by atoms with Crippen molar-refractivity contribution in [1.29, 1.82) is 0 Å². The molecule has 98 valence electrons. The van der Waals surface area contributed by atoms with Gasteiger partial charge in [-0.15, -0.1) is 11.3 Å². The summed E-state index contributed by atoms with van der Waals surface area (Å²) in [5.74, 6) is 0.448. The Morgan fingerprint density at radius 2 is 2.37 bits per heavy atom. The van der Waals surface area contributed by atoms with Crippen LogP contribution in [0.3, 0.4) is 0 Å². The van der Waals surface area contributed by atoms with E-state index in [1.807, 2.05) is 0 Å². The quantitative estimate of drug-likeness (QED) is 0.912. The molecule has 5 nitrogen and oxygen atoms in total. The second kappa shape index (κ2) is 5.05. The number of amides is 1. The molecule has 2 aromatic rings. The third kappa shape index (κ3) is 2.63. The molecule has 0 radical (unpaired) electrons. The van der Waals surface area contributed by atoms with Gasteiger partial charge in [0.25, 0.3) is 5.91 Å². The van der Waals surface area contributed by atoms with Crippen LogP contribution in [0, 0.1) is 5.92 Å². The number of aryl methyl sites for hydroxylation is 1. The van der Waals surface area contributed by atoms with Gasteiger partial charge in [-0.1, -0.05) is 6.92 Å². The summed E-state index contributed by atoms with van der Waals surface area (Å²) in [7, 11) is 0. The number of anilines is 1. The molecule has 1 atom stereocenters. The highest BCUT2D eigenvalue weighted by Crippen LogP contribution is 2.32. The van der Waals surface area contributed by atoms with Gasteiger partial charge in [-0.3, -0.25) is 15.1 Å². The fourth-order valence-corrected chi connectivity index (χ4v) is 3.34. The van der Waals surface area contributed by atoms with Gasteiger partial charge in [0.2, 0.25) is 0 Å². The number of fused-ring (bicyclic) bond motifs is 1. The summed E-state index contributed by atoms with van der Waals surface area (Å²) in [6.07, 6.45) is 7.74. The number of carbonyl (C=O) groups is 1. The van der Waals surface area contributed by atoms with E-state index in [1.54, 1.807) is 17.5 Å². The second-order valence-corrected chi connectivity index (χ2v) is 5.87.